The highest BCUT2D eigenvalue weighted by atomic mass is 16.5. The normalized spacial score (nSPS) is 11.4. The van der Waals surface area contributed by atoms with Crippen molar-refractivity contribution >= 4 is 0 Å². The quantitative estimate of drug-likeness (QED) is 0.723. The second-order valence-electron chi connectivity index (χ2n) is 4.39. The molecule has 0 aliphatic carbocycles. The molecule has 0 saturated heterocycles. The number of aromatic amines is 1. The maximum atomic E-state index is 12.0. The molecule has 0 unspecified atom stereocenters. The van der Waals surface area contributed by atoms with E-state index < -0.39 is 5.69 Å². The number of aromatic nitrogens is 7. The third-order valence-corrected chi connectivity index (χ3v) is 2.99. The zero-order valence-corrected chi connectivity index (χ0v) is 11.5. The Morgan fingerprint density at radius 3 is 2.95 bits per heavy atom. The molecule has 3 heterocycles. The highest BCUT2D eigenvalue weighted by Gasteiger charge is 2.15. The Kier molecular flexibility index (Phi) is 2.92. The molecule has 0 saturated carbocycles. The molecule has 0 spiro atoms. The van der Waals surface area contributed by atoms with Gasteiger partial charge in [-0.25, -0.2) is 9.78 Å². The number of ether oxygens (including phenoxy) is 1. The van der Waals surface area contributed by atoms with Gasteiger partial charge in [0.2, 0.25) is 5.88 Å². The van der Waals surface area contributed by atoms with Gasteiger partial charge in [0, 0.05) is 31.1 Å². The van der Waals surface area contributed by atoms with Gasteiger partial charge in [0.1, 0.15) is 6.61 Å². The van der Waals surface area contributed by atoms with Crippen molar-refractivity contribution in [2.24, 2.45) is 7.05 Å². The van der Waals surface area contributed by atoms with E-state index in [0.29, 0.717) is 17.3 Å². The van der Waals surface area contributed by atoms with Crippen LogP contribution in [-0.4, -0.2) is 35.0 Å². The first-order valence-electron chi connectivity index (χ1n) is 6.62. The maximum Gasteiger partial charge on any atom is 0.369 e. The first-order valence-corrected chi connectivity index (χ1v) is 6.18. The molecule has 3 aromatic heterocycles. The van der Waals surface area contributed by atoms with Crippen LogP contribution in [0, 0.1) is 6.92 Å². The third kappa shape index (κ3) is 2.40. The van der Waals surface area contributed by atoms with Gasteiger partial charge in [-0.15, -0.1) is 9.78 Å². The van der Waals surface area contributed by atoms with Crippen LogP contribution in [0.4, 0.5) is 0 Å². The second-order valence-corrected chi connectivity index (χ2v) is 4.39. The van der Waals surface area contributed by atoms with Gasteiger partial charge in [0.15, 0.2) is 7.23 Å². The number of rotatable bonds is 4. The van der Waals surface area contributed by atoms with Crippen LogP contribution < -0.4 is 10.4 Å². The van der Waals surface area contributed by atoms with E-state index in [4.69, 9.17) is 6.15 Å². The molecule has 0 amide bonds. The number of tetrazole rings is 1. The summed E-state index contributed by atoms with van der Waals surface area (Å²) < 4.78 is 15.1. The minimum absolute atomic E-state index is 0.148. The van der Waals surface area contributed by atoms with Crippen LogP contribution in [0.3, 0.4) is 0 Å². The zero-order valence-electron chi connectivity index (χ0n) is 12.5. The van der Waals surface area contributed by atoms with E-state index in [2.05, 4.69) is 20.5 Å². The summed E-state index contributed by atoms with van der Waals surface area (Å²) >= 11 is 0. The van der Waals surface area contributed by atoms with Gasteiger partial charge < -0.3 is 4.74 Å². The molecular formula is C12H13N7O2. The number of hydrogen-bond acceptors (Lipinski definition) is 6. The average molecular weight is 289 g/mol. The molecular weight excluding hydrogens is 274 g/mol. The highest BCUT2D eigenvalue weighted by molar-refractivity contribution is 5.38. The molecule has 108 valence electrons. The molecule has 0 fully saturated rings. The van der Waals surface area contributed by atoms with Gasteiger partial charge >= 0.3 is 5.69 Å². The second kappa shape index (κ2) is 5.19. The smallest absolute Gasteiger partial charge is 0.369 e. The van der Waals surface area contributed by atoms with E-state index in [9.17, 15) is 4.79 Å². The molecule has 0 aliphatic heterocycles. The number of aryl methyl sites for hydroxylation is 2. The van der Waals surface area contributed by atoms with Crippen molar-refractivity contribution in [3.63, 3.8) is 0 Å². The van der Waals surface area contributed by atoms with E-state index in [1.165, 1.54) is 13.2 Å². The molecule has 0 radical (unpaired) electrons. The lowest BCUT2D eigenvalue weighted by molar-refractivity contribution is 0.291. The molecule has 21 heavy (non-hydrogen) atoms. The van der Waals surface area contributed by atoms with Crippen LogP contribution in [0.15, 0.2) is 29.3 Å². The minimum Gasteiger partial charge on any atom is -0.472 e. The first kappa shape index (κ1) is 11.8. The molecule has 0 bridgehead atoms. The van der Waals surface area contributed by atoms with Crippen LogP contribution >= 0.6 is 0 Å². The van der Waals surface area contributed by atoms with Crippen molar-refractivity contribution in [2.75, 3.05) is 0 Å². The van der Waals surface area contributed by atoms with E-state index in [0.717, 1.165) is 20.0 Å². The van der Waals surface area contributed by atoms with Crippen LogP contribution in [0.25, 0.3) is 5.82 Å². The third-order valence-electron chi connectivity index (χ3n) is 2.99. The molecule has 3 rings (SSSR count). The Bertz CT molecular complexity index is 866. The van der Waals surface area contributed by atoms with E-state index in [-0.39, 0.29) is 6.61 Å². The summed E-state index contributed by atoms with van der Waals surface area (Å²) in [5, 5.41) is 12.2. The minimum atomic E-state index is -0.394. The van der Waals surface area contributed by atoms with E-state index in [1.54, 1.807) is 12.3 Å². The fourth-order valence-corrected chi connectivity index (χ4v) is 1.83. The lowest BCUT2D eigenvalue weighted by Crippen LogP contribution is -2.24. The standard InChI is InChI=1S/C12H13N7O2/c1-8-3-5-13-11(19-12(20)18(2)16-17-19)9(8)7-21-10-4-6-14-15-10/h3-6H,7H2,1-2H3,(H,14,15)/i/hT. The van der Waals surface area contributed by atoms with Gasteiger partial charge in [0.25, 0.3) is 0 Å². The van der Waals surface area contributed by atoms with Gasteiger partial charge in [-0.2, -0.15) is 4.68 Å². The van der Waals surface area contributed by atoms with Crippen molar-refractivity contribution < 1.29 is 6.15 Å². The SMILES string of the molecule is [3H]n1ccc(OCc2c(C)ccnc2-n2nnn(C)c2=O)n1. The Morgan fingerprint density at radius 1 is 1.43 bits per heavy atom. The van der Waals surface area contributed by atoms with Gasteiger partial charge in [-0.05, 0) is 29.0 Å². The lowest BCUT2D eigenvalue weighted by Gasteiger charge is -2.10. The maximum absolute atomic E-state index is 12.0. The molecule has 0 atom stereocenters. The van der Waals surface area contributed by atoms with Crippen molar-refractivity contribution in [1.82, 2.24) is 35.0 Å². The van der Waals surface area contributed by atoms with Crippen molar-refractivity contribution in [3.05, 3.63) is 46.1 Å². The Labute approximate surface area is 120 Å². The highest BCUT2D eigenvalue weighted by Crippen LogP contribution is 2.16. The van der Waals surface area contributed by atoms with E-state index in [1.807, 2.05) is 13.0 Å². The number of pyridine rings is 1. The number of H-pyrrole nitrogens is 1. The summed E-state index contributed by atoms with van der Waals surface area (Å²) in [7, 11) is 1.51. The van der Waals surface area contributed by atoms with Crippen molar-refractivity contribution in [2.45, 2.75) is 13.5 Å². The summed E-state index contributed by atoms with van der Waals surface area (Å²) in [6.45, 7) is 2.03. The fourth-order valence-electron chi connectivity index (χ4n) is 1.83. The van der Waals surface area contributed by atoms with E-state index >= 15 is 0 Å². The molecule has 0 aromatic carbocycles. The average Bonchev–Trinajstić information content (AvgIpc) is 3.05. The molecule has 3 aromatic rings. The fraction of sp³-hybridized carbons (Fsp3) is 0.250. The van der Waals surface area contributed by atoms with Crippen LogP contribution in [0.1, 0.15) is 11.1 Å². The monoisotopic (exact) mass is 289 g/mol. The van der Waals surface area contributed by atoms with Crippen molar-refractivity contribution in [3.8, 4) is 11.7 Å². The topological polar surface area (TPSA) is 104 Å². The largest absolute Gasteiger partial charge is 0.472 e. The predicted octanol–water partition coefficient (Wildman–Crippen LogP) is -0.0285. The van der Waals surface area contributed by atoms with Gasteiger partial charge in [-0.1, -0.05) is 0 Å². The first-order chi connectivity index (χ1) is 10.6. The summed E-state index contributed by atoms with van der Waals surface area (Å²) in [5.41, 5.74) is 1.20. The van der Waals surface area contributed by atoms with Crippen molar-refractivity contribution in [1.29, 1.82) is 0 Å². The van der Waals surface area contributed by atoms with Crippen LogP contribution in [0.2, 0.25) is 1.41 Å². The number of hydrogen-bond donors (Lipinski definition) is 1. The van der Waals surface area contributed by atoms with Crippen LogP contribution in [0.5, 0.6) is 5.88 Å². The zero-order chi connectivity index (χ0) is 15.7. The summed E-state index contributed by atoms with van der Waals surface area (Å²) in [6, 6.07) is 3.39. The number of nitrogens with zero attached hydrogens (tertiary/aromatic N) is 6. The van der Waals surface area contributed by atoms with Gasteiger partial charge in [-0.3, -0.25) is 5.09 Å². The summed E-state index contributed by atoms with van der Waals surface area (Å²) in [5.74, 6) is 0.680. The predicted molar refractivity (Wildman–Crippen MR) is 72.1 cm³/mol. The Balaban J connectivity index is 1.96. The molecule has 9 nitrogen and oxygen atoms in total. The molecule has 0 aliphatic rings. The summed E-state index contributed by atoms with van der Waals surface area (Å²) in [6.07, 6.45) is 3.05. The Morgan fingerprint density at radius 2 is 2.29 bits per heavy atom. The number of nitrogens with one attached hydrogen (secondary N) is 1. The van der Waals surface area contributed by atoms with Crippen LogP contribution in [-0.2, 0) is 13.7 Å². The Hall–Kier alpha value is -2.97. The molecule has 1 N–H and O–H groups in total. The molecule has 9 heteroatoms. The summed E-state index contributed by atoms with van der Waals surface area (Å²) in [4.78, 5) is 16.2. The van der Waals surface area contributed by atoms with Gasteiger partial charge in [0.05, 0.1) is 0 Å². The lowest BCUT2D eigenvalue weighted by atomic mass is 10.1.